The first kappa shape index (κ1) is 28.1. The number of nitrogens with one attached hydrogen (secondary N) is 2. The van der Waals surface area contributed by atoms with Crippen LogP contribution in [0, 0.1) is 5.41 Å². The van der Waals surface area contributed by atoms with Crippen molar-refractivity contribution in [3.63, 3.8) is 0 Å². The van der Waals surface area contributed by atoms with Crippen molar-refractivity contribution >= 4 is 23.1 Å². The van der Waals surface area contributed by atoms with Gasteiger partial charge in [0.25, 0.3) is 0 Å². The van der Waals surface area contributed by atoms with Crippen molar-refractivity contribution in [2.45, 2.75) is 39.3 Å². The number of methoxy groups -OCH3 is 3. The lowest BCUT2D eigenvalue weighted by Gasteiger charge is -2.38. The Morgan fingerprint density at radius 1 is 0.927 bits per heavy atom. The van der Waals surface area contributed by atoms with Gasteiger partial charge in [-0.05, 0) is 47.7 Å². The molecule has 3 aromatic rings. The molecule has 8 nitrogen and oxygen atoms in total. The van der Waals surface area contributed by atoms with Crippen LogP contribution in [0.1, 0.15) is 43.9 Å². The van der Waals surface area contributed by atoms with E-state index in [-0.39, 0.29) is 23.7 Å². The molecule has 2 aliphatic rings. The maximum Gasteiger partial charge on any atom is 0.239 e. The SMILES string of the molecule is COc1ccccc1CNC(=O)CN1c2ccccc2NC2=C(C(=O)CC(C)(C)C2)C1c1ccc(OC)c(OC)c1. The molecule has 214 valence electrons. The van der Waals surface area contributed by atoms with Crippen molar-refractivity contribution in [2.75, 3.05) is 38.1 Å². The number of benzene rings is 3. The summed E-state index contributed by atoms with van der Waals surface area (Å²) in [7, 11) is 4.80. The van der Waals surface area contributed by atoms with E-state index in [4.69, 9.17) is 14.2 Å². The normalized spacial score (nSPS) is 17.5. The molecule has 5 rings (SSSR count). The highest BCUT2D eigenvalue weighted by Crippen LogP contribution is 2.49. The minimum atomic E-state index is -0.526. The standard InChI is InChI=1S/C33H37N3O5/c1-33(2)17-24-31(26(37)18-33)32(21-14-15-28(40-4)29(16-21)41-5)36(25-12-8-7-11-23(25)35-24)20-30(38)34-19-22-10-6-9-13-27(22)39-3/h6-16,32,35H,17-20H2,1-5H3,(H,34,38). The van der Waals surface area contributed by atoms with Gasteiger partial charge in [-0.2, -0.15) is 0 Å². The number of ether oxygens (including phenoxy) is 3. The zero-order chi connectivity index (χ0) is 29.1. The predicted octanol–water partition coefficient (Wildman–Crippen LogP) is 5.65. The number of para-hydroxylation sites is 3. The summed E-state index contributed by atoms with van der Waals surface area (Å²) < 4.78 is 16.6. The number of carbonyl (C=O) groups is 2. The zero-order valence-electron chi connectivity index (χ0n) is 24.2. The third-order valence-corrected chi connectivity index (χ3v) is 7.71. The van der Waals surface area contributed by atoms with Gasteiger partial charge in [-0.25, -0.2) is 0 Å². The smallest absolute Gasteiger partial charge is 0.239 e. The van der Waals surface area contributed by atoms with Crippen LogP contribution in [0.15, 0.2) is 78.0 Å². The Bertz CT molecular complexity index is 1500. The Kier molecular flexibility index (Phi) is 7.92. The van der Waals surface area contributed by atoms with Gasteiger partial charge >= 0.3 is 0 Å². The molecule has 8 heteroatoms. The minimum absolute atomic E-state index is 0.0281. The first-order valence-corrected chi connectivity index (χ1v) is 13.7. The first-order chi connectivity index (χ1) is 19.7. The van der Waals surface area contributed by atoms with Crippen molar-refractivity contribution in [2.24, 2.45) is 5.41 Å². The maximum atomic E-state index is 13.9. The van der Waals surface area contributed by atoms with Gasteiger partial charge in [0.05, 0.1) is 45.3 Å². The van der Waals surface area contributed by atoms with Crippen LogP contribution >= 0.6 is 0 Å². The van der Waals surface area contributed by atoms with Crippen LogP contribution in [0.4, 0.5) is 11.4 Å². The molecule has 0 bridgehead atoms. The highest BCUT2D eigenvalue weighted by molar-refractivity contribution is 6.02. The average Bonchev–Trinajstić information content (AvgIpc) is 3.09. The third-order valence-electron chi connectivity index (χ3n) is 7.71. The summed E-state index contributed by atoms with van der Waals surface area (Å²) in [5, 5.41) is 6.64. The second-order valence-electron chi connectivity index (χ2n) is 11.2. The molecule has 0 fully saturated rings. The molecule has 1 amide bonds. The largest absolute Gasteiger partial charge is 0.496 e. The number of hydrogen-bond acceptors (Lipinski definition) is 7. The van der Waals surface area contributed by atoms with Gasteiger partial charge in [0, 0.05) is 29.8 Å². The van der Waals surface area contributed by atoms with E-state index >= 15 is 0 Å². The number of ketones is 1. The molecule has 1 atom stereocenters. The number of Topliss-reactive ketones (excluding diaryl/α,β-unsaturated/α-hetero) is 1. The lowest BCUT2D eigenvalue weighted by molar-refractivity contribution is -0.121. The number of allylic oxidation sites excluding steroid dienone is 1. The molecular weight excluding hydrogens is 518 g/mol. The van der Waals surface area contributed by atoms with E-state index in [9.17, 15) is 9.59 Å². The van der Waals surface area contributed by atoms with Gasteiger partial charge in [-0.1, -0.05) is 50.2 Å². The summed E-state index contributed by atoms with van der Waals surface area (Å²) in [6, 6.07) is 20.6. The van der Waals surface area contributed by atoms with Crippen LogP contribution in [0.5, 0.6) is 17.2 Å². The molecule has 3 aromatic carbocycles. The highest BCUT2D eigenvalue weighted by atomic mass is 16.5. The van der Waals surface area contributed by atoms with E-state index in [1.807, 2.05) is 71.6 Å². The average molecular weight is 556 g/mol. The van der Waals surface area contributed by atoms with E-state index in [1.165, 1.54) is 0 Å². The molecule has 0 aromatic heterocycles. The molecule has 0 saturated carbocycles. The Morgan fingerprint density at radius 2 is 1.63 bits per heavy atom. The van der Waals surface area contributed by atoms with Crippen LogP contribution < -0.4 is 29.7 Å². The quantitative estimate of drug-likeness (QED) is 0.372. The fourth-order valence-corrected chi connectivity index (χ4v) is 5.85. The molecule has 0 saturated heterocycles. The molecule has 1 unspecified atom stereocenters. The summed E-state index contributed by atoms with van der Waals surface area (Å²) in [6.07, 6.45) is 1.13. The van der Waals surface area contributed by atoms with E-state index in [1.54, 1.807) is 21.3 Å². The Labute approximate surface area is 241 Å². The molecule has 1 aliphatic heterocycles. The Hall–Kier alpha value is -4.46. The molecule has 1 heterocycles. The molecular formula is C33H37N3O5. The Morgan fingerprint density at radius 3 is 2.39 bits per heavy atom. The predicted molar refractivity (Wildman–Crippen MR) is 160 cm³/mol. The number of carbonyl (C=O) groups excluding carboxylic acids is 2. The van der Waals surface area contributed by atoms with E-state index < -0.39 is 6.04 Å². The Balaban J connectivity index is 1.60. The highest BCUT2D eigenvalue weighted by Gasteiger charge is 2.42. The van der Waals surface area contributed by atoms with Crippen molar-refractivity contribution in [1.82, 2.24) is 5.32 Å². The number of amides is 1. The molecule has 2 N–H and O–H groups in total. The topological polar surface area (TPSA) is 89.1 Å². The van der Waals surface area contributed by atoms with E-state index in [0.717, 1.165) is 28.2 Å². The number of anilines is 2. The van der Waals surface area contributed by atoms with E-state index in [0.29, 0.717) is 42.2 Å². The van der Waals surface area contributed by atoms with Gasteiger partial charge in [-0.15, -0.1) is 0 Å². The second-order valence-corrected chi connectivity index (χ2v) is 11.2. The maximum absolute atomic E-state index is 13.9. The lowest BCUT2D eigenvalue weighted by atomic mass is 9.73. The number of nitrogens with zero attached hydrogens (tertiary/aromatic N) is 1. The summed E-state index contributed by atoms with van der Waals surface area (Å²) in [6.45, 7) is 4.57. The van der Waals surface area contributed by atoms with Crippen LogP contribution in [0.25, 0.3) is 0 Å². The third kappa shape index (κ3) is 5.73. The fraction of sp³-hybridized carbons (Fsp3) is 0.333. The van der Waals surface area contributed by atoms with Crippen molar-refractivity contribution in [3.8, 4) is 17.2 Å². The van der Waals surface area contributed by atoms with Crippen LogP contribution in [-0.4, -0.2) is 39.6 Å². The minimum Gasteiger partial charge on any atom is -0.496 e. The summed E-state index contributed by atoms with van der Waals surface area (Å²) in [5.41, 5.74) is 4.76. The zero-order valence-corrected chi connectivity index (χ0v) is 24.2. The first-order valence-electron chi connectivity index (χ1n) is 13.7. The molecule has 41 heavy (non-hydrogen) atoms. The van der Waals surface area contributed by atoms with Crippen LogP contribution in [0.3, 0.4) is 0 Å². The lowest BCUT2D eigenvalue weighted by Crippen LogP contribution is -2.42. The molecule has 1 aliphatic carbocycles. The summed E-state index contributed by atoms with van der Waals surface area (Å²) >= 11 is 0. The van der Waals surface area contributed by atoms with Crippen molar-refractivity contribution in [1.29, 1.82) is 0 Å². The monoisotopic (exact) mass is 555 g/mol. The number of fused-ring (bicyclic) bond motifs is 1. The van der Waals surface area contributed by atoms with Crippen LogP contribution in [0.2, 0.25) is 0 Å². The summed E-state index contributed by atoms with van der Waals surface area (Å²) in [5.74, 6) is 1.75. The van der Waals surface area contributed by atoms with Gasteiger partial charge in [0.1, 0.15) is 5.75 Å². The van der Waals surface area contributed by atoms with Crippen molar-refractivity contribution in [3.05, 3.63) is 89.1 Å². The van der Waals surface area contributed by atoms with Gasteiger partial charge < -0.3 is 29.7 Å². The van der Waals surface area contributed by atoms with Gasteiger partial charge in [0.15, 0.2) is 17.3 Å². The molecule has 0 spiro atoms. The second kappa shape index (κ2) is 11.6. The van der Waals surface area contributed by atoms with Gasteiger partial charge in [-0.3, -0.25) is 9.59 Å². The summed E-state index contributed by atoms with van der Waals surface area (Å²) in [4.78, 5) is 29.5. The number of hydrogen-bond donors (Lipinski definition) is 2. The molecule has 0 radical (unpaired) electrons. The fourth-order valence-electron chi connectivity index (χ4n) is 5.85. The van der Waals surface area contributed by atoms with Gasteiger partial charge in [0.2, 0.25) is 5.91 Å². The van der Waals surface area contributed by atoms with Crippen LogP contribution in [-0.2, 0) is 16.1 Å². The van der Waals surface area contributed by atoms with Crippen molar-refractivity contribution < 1.29 is 23.8 Å². The van der Waals surface area contributed by atoms with E-state index in [2.05, 4.69) is 24.5 Å². The number of rotatable bonds is 8.